The molecule has 0 aromatic carbocycles. The molecule has 0 atom stereocenters. The zero-order chi connectivity index (χ0) is 10.3. The minimum absolute atomic E-state index is 0.0356. The molecule has 0 radical (unpaired) electrons. The van der Waals surface area contributed by atoms with Gasteiger partial charge in [-0.15, -0.1) is 0 Å². The molecule has 0 saturated carbocycles. The van der Waals surface area contributed by atoms with Gasteiger partial charge in [0.15, 0.2) is 0 Å². The molecule has 0 bridgehead atoms. The van der Waals surface area contributed by atoms with E-state index in [2.05, 4.69) is 5.32 Å². The number of hydrogen-bond acceptors (Lipinski definition) is 3. The largest absolute Gasteiger partial charge is 0.396 e. The van der Waals surface area contributed by atoms with Crippen LogP contribution in [0.25, 0.3) is 0 Å². The number of amides is 1. The minimum atomic E-state index is -0.360. The van der Waals surface area contributed by atoms with Gasteiger partial charge in [-0.2, -0.15) is 0 Å². The highest BCUT2D eigenvalue weighted by molar-refractivity contribution is 5.76. The second kappa shape index (κ2) is 5.94. The molecule has 4 heteroatoms. The van der Waals surface area contributed by atoms with Crippen LogP contribution in [0.3, 0.4) is 0 Å². The van der Waals surface area contributed by atoms with Crippen molar-refractivity contribution in [3.05, 3.63) is 0 Å². The van der Waals surface area contributed by atoms with Crippen molar-refractivity contribution in [2.45, 2.75) is 38.6 Å². The SMILES string of the molecule is CC(C)(CCO)NC(=O)CCCO. The number of carbonyl (C=O) groups excluding carboxylic acids is 1. The lowest BCUT2D eigenvalue weighted by Crippen LogP contribution is -2.44. The number of carbonyl (C=O) groups is 1. The standard InChI is InChI=1S/C9H19NO3/c1-9(2,5-7-12)10-8(13)4-3-6-11/h11-12H,3-7H2,1-2H3,(H,10,13). The van der Waals surface area contributed by atoms with Crippen molar-refractivity contribution in [1.82, 2.24) is 5.32 Å². The quantitative estimate of drug-likeness (QED) is 0.552. The van der Waals surface area contributed by atoms with Gasteiger partial charge >= 0.3 is 0 Å². The first-order valence-corrected chi connectivity index (χ1v) is 4.54. The molecule has 1 amide bonds. The van der Waals surface area contributed by atoms with Crippen LogP contribution in [-0.4, -0.2) is 34.9 Å². The first-order chi connectivity index (χ1) is 6.02. The molecule has 0 aromatic rings. The minimum Gasteiger partial charge on any atom is -0.396 e. The molecule has 4 nitrogen and oxygen atoms in total. The summed E-state index contributed by atoms with van der Waals surface area (Å²) in [6, 6.07) is 0. The van der Waals surface area contributed by atoms with Crippen LogP contribution in [0, 0.1) is 0 Å². The van der Waals surface area contributed by atoms with Crippen molar-refractivity contribution in [1.29, 1.82) is 0 Å². The van der Waals surface area contributed by atoms with Crippen LogP contribution in [0.2, 0.25) is 0 Å². The second-order valence-corrected chi connectivity index (χ2v) is 3.73. The van der Waals surface area contributed by atoms with Gasteiger partial charge in [0.25, 0.3) is 0 Å². The average Bonchev–Trinajstić information content (AvgIpc) is 1.99. The fraction of sp³-hybridized carbons (Fsp3) is 0.889. The van der Waals surface area contributed by atoms with E-state index in [0.717, 1.165) is 0 Å². The molecule has 0 rings (SSSR count). The summed E-state index contributed by atoms with van der Waals surface area (Å²) in [7, 11) is 0. The Morgan fingerprint density at radius 2 is 1.92 bits per heavy atom. The van der Waals surface area contributed by atoms with Gasteiger partial charge in [-0.05, 0) is 26.7 Å². The Labute approximate surface area is 79.0 Å². The summed E-state index contributed by atoms with van der Waals surface area (Å²) < 4.78 is 0. The predicted molar refractivity (Wildman–Crippen MR) is 50.2 cm³/mol. The highest BCUT2D eigenvalue weighted by Gasteiger charge is 2.18. The zero-order valence-corrected chi connectivity index (χ0v) is 8.34. The van der Waals surface area contributed by atoms with E-state index in [-0.39, 0.29) is 24.7 Å². The molecule has 0 fully saturated rings. The Kier molecular flexibility index (Phi) is 5.66. The maximum atomic E-state index is 11.2. The van der Waals surface area contributed by atoms with Gasteiger partial charge in [-0.1, -0.05) is 0 Å². The summed E-state index contributed by atoms with van der Waals surface area (Å²) in [6.45, 7) is 3.82. The van der Waals surface area contributed by atoms with Gasteiger partial charge in [-0.25, -0.2) is 0 Å². The van der Waals surface area contributed by atoms with Crippen LogP contribution < -0.4 is 5.32 Å². The summed E-state index contributed by atoms with van der Waals surface area (Å²) in [5.41, 5.74) is -0.360. The average molecular weight is 189 g/mol. The number of rotatable bonds is 6. The fourth-order valence-electron chi connectivity index (χ4n) is 1.02. The van der Waals surface area contributed by atoms with Crippen LogP contribution in [0.4, 0.5) is 0 Å². The number of aliphatic hydroxyl groups excluding tert-OH is 2. The van der Waals surface area contributed by atoms with Gasteiger partial charge < -0.3 is 15.5 Å². The molecule has 0 aliphatic heterocycles. The smallest absolute Gasteiger partial charge is 0.220 e. The maximum Gasteiger partial charge on any atom is 0.220 e. The molecule has 0 aliphatic carbocycles. The van der Waals surface area contributed by atoms with E-state index >= 15 is 0 Å². The third kappa shape index (κ3) is 6.54. The van der Waals surface area contributed by atoms with E-state index in [1.54, 1.807) is 0 Å². The summed E-state index contributed by atoms with van der Waals surface area (Å²) in [5, 5.41) is 20.0. The van der Waals surface area contributed by atoms with E-state index in [1.807, 2.05) is 13.8 Å². The second-order valence-electron chi connectivity index (χ2n) is 3.73. The van der Waals surface area contributed by atoms with Crippen molar-refractivity contribution in [3.63, 3.8) is 0 Å². The third-order valence-corrected chi connectivity index (χ3v) is 1.78. The fourth-order valence-corrected chi connectivity index (χ4v) is 1.02. The van der Waals surface area contributed by atoms with Crippen LogP contribution in [0.15, 0.2) is 0 Å². The molecule has 0 unspecified atom stereocenters. The van der Waals surface area contributed by atoms with Gasteiger partial charge in [0, 0.05) is 25.2 Å². The monoisotopic (exact) mass is 189 g/mol. The lowest BCUT2D eigenvalue weighted by atomic mass is 10.0. The van der Waals surface area contributed by atoms with Crippen LogP contribution in [0.1, 0.15) is 33.1 Å². The first kappa shape index (κ1) is 12.4. The van der Waals surface area contributed by atoms with Crippen molar-refractivity contribution < 1.29 is 15.0 Å². The van der Waals surface area contributed by atoms with E-state index in [0.29, 0.717) is 19.3 Å². The molecule has 0 heterocycles. The topological polar surface area (TPSA) is 69.6 Å². The van der Waals surface area contributed by atoms with Crippen LogP contribution in [-0.2, 0) is 4.79 Å². The summed E-state index contributed by atoms with van der Waals surface area (Å²) in [6.07, 6.45) is 1.37. The van der Waals surface area contributed by atoms with E-state index in [9.17, 15) is 4.79 Å². The molecule has 0 aliphatic rings. The third-order valence-electron chi connectivity index (χ3n) is 1.78. The Balaban J connectivity index is 3.75. The number of aliphatic hydroxyl groups is 2. The van der Waals surface area contributed by atoms with Crippen LogP contribution >= 0.6 is 0 Å². The maximum absolute atomic E-state index is 11.2. The molecule has 13 heavy (non-hydrogen) atoms. The Bertz CT molecular complexity index is 157. The molecular weight excluding hydrogens is 170 g/mol. The predicted octanol–water partition coefficient (Wildman–Crippen LogP) is 0.0361. The van der Waals surface area contributed by atoms with Crippen molar-refractivity contribution in [2.24, 2.45) is 0 Å². The normalized spacial score (nSPS) is 11.4. The summed E-state index contributed by atoms with van der Waals surface area (Å²) >= 11 is 0. The van der Waals surface area contributed by atoms with E-state index < -0.39 is 0 Å². The van der Waals surface area contributed by atoms with Crippen LogP contribution in [0.5, 0.6) is 0 Å². The molecule has 0 saturated heterocycles. The Hall–Kier alpha value is -0.610. The lowest BCUT2D eigenvalue weighted by Gasteiger charge is -2.25. The highest BCUT2D eigenvalue weighted by atomic mass is 16.3. The molecule has 0 aromatic heterocycles. The van der Waals surface area contributed by atoms with E-state index in [4.69, 9.17) is 10.2 Å². The molecule has 0 spiro atoms. The summed E-state index contributed by atoms with van der Waals surface area (Å²) in [5.74, 6) is -0.0764. The number of hydrogen-bond donors (Lipinski definition) is 3. The molecule has 3 N–H and O–H groups in total. The van der Waals surface area contributed by atoms with E-state index in [1.165, 1.54) is 0 Å². The highest BCUT2D eigenvalue weighted by Crippen LogP contribution is 2.07. The summed E-state index contributed by atoms with van der Waals surface area (Å²) in [4.78, 5) is 11.2. The zero-order valence-electron chi connectivity index (χ0n) is 8.34. The lowest BCUT2D eigenvalue weighted by molar-refractivity contribution is -0.123. The van der Waals surface area contributed by atoms with Crippen molar-refractivity contribution in [3.8, 4) is 0 Å². The number of nitrogens with one attached hydrogen (secondary N) is 1. The molecular formula is C9H19NO3. The van der Waals surface area contributed by atoms with Gasteiger partial charge in [0.1, 0.15) is 0 Å². The molecule has 78 valence electrons. The Morgan fingerprint density at radius 3 is 2.38 bits per heavy atom. The Morgan fingerprint density at radius 1 is 1.31 bits per heavy atom. The van der Waals surface area contributed by atoms with Crippen molar-refractivity contribution >= 4 is 5.91 Å². The van der Waals surface area contributed by atoms with Gasteiger partial charge in [-0.3, -0.25) is 4.79 Å². The first-order valence-electron chi connectivity index (χ1n) is 4.54. The van der Waals surface area contributed by atoms with Crippen molar-refractivity contribution in [2.75, 3.05) is 13.2 Å². The van der Waals surface area contributed by atoms with Gasteiger partial charge in [0.2, 0.25) is 5.91 Å². The van der Waals surface area contributed by atoms with Gasteiger partial charge in [0.05, 0.1) is 0 Å².